The van der Waals surface area contributed by atoms with Crippen LogP contribution < -0.4 is 5.43 Å². The lowest BCUT2D eigenvalue weighted by molar-refractivity contribution is -0.200. The third kappa shape index (κ3) is 3.39. The fraction of sp³-hybridized carbons (Fsp3) is 0.467. The van der Waals surface area contributed by atoms with Gasteiger partial charge in [0.1, 0.15) is 6.04 Å². The zero-order chi connectivity index (χ0) is 16.5. The lowest BCUT2D eigenvalue weighted by atomic mass is 9.96. The largest absolute Gasteiger partial charge is 0.406 e. The second kappa shape index (κ2) is 5.61. The molecule has 118 valence electrons. The van der Waals surface area contributed by atoms with Gasteiger partial charge in [-0.25, -0.2) is 5.01 Å². The molecule has 22 heavy (non-hydrogen) atoms. The summed E-state index contributed by atoms with van der Waals surface area (Å²) in [5.41, 5.74) is 2.09. The first kappa shape index (κ1) is 16.3. The molecule has 0 spiro atoms. The monoisotopic (exact) mass is 311 g/mol. The summed E-state index contributed by atoms with van der Waals surface area (Å²) in [6, 6.07) is 6.13. The van der Waals surface area contributed by atoms with Crippen LogP contribution in [0.3, 0.4) is 0 Å². The van der Waals surface area contributed by atoms with Gasteiger partial charge in [-0.15, -0.1) is 0 Å². The van der Waals surface area contributed by atoms with Crippen LogP contribution in [0, 0.1) is 11.3 Å². The van der Waals surface area contributed by atoms with E-state index in [-0.39, 0.29) is 12.8 Å². The smallest absolute Gasteiger partial charge is 0.288 e. The predicted octanol–water partition coefficient (Wildman–Crippen LogP) is 2.55. The number of alkyl halides is 3. The molecule has 1 aliphatic heterocycles. The number of nitrogens with zero attached hydrogens (tertiary/aromatic N) is 2. The number of carbonyl (C=O) groups is 1. The summed E-state index contributed by atoms with van der Waals surface area (Å²) in [6.07, 6.45) is -4.82. The fourth-order valence-corrected chi connectivity index (χ4v) is 2.65. The van der Waals surface area contributed by atoms with Gasteiger partial charge in [-0.3, -0.25) is 10.2 Å². The highest BCUT2D eigenvalue weighted by molar-refractivity contribution is 5.78. The molecule has 1 saturated heterocycles. The molecule has 1 aromatic rings. The van der Waals surface area contributed by atoms with Gasteiger partial charge in [0.25, 0.3) is 0 Å². The van der Waals surface area contributed by atoms with Crippen LogP contribution in [0.4, 0.5) is 13.2 Å². The molecule has 1 heterocycles. The van der Waals surface area contributed by atoms with Gasteiger partial charge in [-0.05, 0) is 38.0 Å². The second-order valence-corrected chi connectivity index (χ2v) is 5.97. The van der Waals surface area contributed by atoms with Crippen molar-refractivity contribution in [1.29, 1.82) is 5.26 Å². The molecule has 1 aromatic carbocycles. The van der Waals surface area contributed by atoms with Crippen LogP contribution in [0.1, 0.15) is 31.4 Å². The maximum Gasteiger partial charge on any atom is 0.406 e. The molecule has 0 bridgehead atoms. The lowest BCUT2D eigenvalue weighted by Crippen LogP contribution is -2.57. The minimum atomic E-state index is -4.50. The van der Waals surface area contributed by atoms with Crippen molar-refractivity contribution in [1.82, 2.24) is 10.4 Å². The first-order valence-corrected chi connectivity index (χ1v) is 6.78. The van der Waals surface area contributed by atoms with Crippen LogP contribution in [0.15, 0.2) is 24.3 Å². The summed E-state index contributed by atoms with van der Waals surface area (Å²) in [4.78, 5) is 11.5. The Kier molecular flexibility index (Phi) is 4.16. The Hall–Kier alpha value is -2.07. The number of hydrogen-bond acceptors (Lipinski definition) is 3. The molecule has 1 amide bonds. The molecule has 1 aliphatic rings. The third-order valence-electron chi connectivity index (χ3n) is 3.67. The quantitative estimate of drug-likeness (QED) is 0.933. The number of hydrogen-bond donors (Lipinski definition) is 1. The predicted molar refractivity (Wildman–Crippen MR) is 73.4 cm³/mol. The Labute approximate surface area is 126 Å². The van der Waals surface area contributed by atoms with Gasteiger partial charge in [0, 0.05) is 12.0 Å². The maximum absolute atomic E-state index is 13.5. The number of amides is 1. The van der Waals surface area contributed by atoms with E-state index in [2.05, 4.69) is 5.43 Å². The summed E-state index contributed by atoms with van der Waals surface area (Å²) in [5, 5.41) is 9.83. The van der Waals surface area contributed by atoms with Crippen molar-refractivity contribution in [3.8, 4) is 6.07 Å². The van der Waals surface area contributed by atoms with Gasteiger partial charge in [0.05, 0.1) is 11.6 Å². The Bertz CT molecular complexity index is 619. The molecule has 0 aromatic heterocycles. The van der Waals surface area contributed by atoms with Crippen molar-refractivity contribution >= 4 is 5.91 Å². The Morgan fingerprint density at radius 1 is 1.45 bits per heavy atom. The molecule has 1 atom stereocenters. The van der Waals surface area contributed by atoms with Gasteiger partial charge in [0.2, 0.25) is 5.91 Å². The van der Waals surface area contributed by atoms with E-state index in [4.69, 9.17) is 5.26 Å². The number of hydrazine groups is 1. The number of nitriles is 1. The highest BCUT2D eigenvalue weighted by Crippen LogP contribution is 2.34. The highest BCUT2D eigenvalue weighted by atomic mass is 19.4. The van der Waals surface area contributed by atoms with Crippen molar-refractivity contribution in [3.05, 3.63) is 35.4 Å². The number of nitrogens with one attached hydrogen (secondary N) is 1. The van der Waals surface area contributed by atoms with Crippen LogP contribution in [0.25, 0.3) is 0 Å². The van der Waals surface area contributed by atoms with Gasteiger partial charge < -0.3 is 0 Å². The van der Waals surface area contributed by atoms with E-state index in [1.165, 1.54) is 12.1 Å². The number of benzene rings is 1. The third-order valence-corrected chi connectivity index (χ3v) is 3.67. The molecule has 1 N–H and O–H groups in total. The number of carbonyl (C=O) groups excluding carboxylic acids is 1. The minimum absolute atomic E-state index is 0.0117. The summed E-state index contributed by atoms with van der Waals surface area (Å²) in [5.74, 6) is -0.426. The second-order valence-electron chi connectivity index (χ2n) is 5.97. The van der Waals surface area contributed by atoms with E-state index in [1.54, 1.807) is 26.0 Å². The molecule has 0 radical (unpaired) electrons. The summed E-state index contributed by atoms with van der Waals surface area (Å²) < 4.78 is 40.4. The Morgan fingerprint density at radius 2 is 2.14 bits per heavy atom. The summed E-state index contributed by atoms with van der Waals surface area (Å²) in [6.45, 7) is 3.19. The van der Waals surface area contributed by atoms with Crippen LogP contribution in [-0.2, 0) is 11.2 Å². The lowest BCUT2D eigenvalue weighted by Gasteiger charge is -2.37. The normalized spacial score (nSPS) is 19.5. The average molecular weight is 311 g/mol. The van der Waals surface area contributed by atoms with Crippen LogP contribution in [0.5, 0.6) is 0 Å². The van der Waals surface area contributed by atoms with E-state index < -0.39 is 23.7 Å². The van der Waals surface area contributed by atoms with E-state index in [0.29, 0.717) is 11.1 Å². The van der Waals surface area contributed by atoms with Crippen molar-refractivity contribution in [2.45, 2.75) is 44.4 Å². The topological polar surface area (TPSA) is 56.1 Å². The summed E-state index contributed by atoms with van der Waals surface area (Å²) in [7, 11) is 0. The minimum Gasteiger partial charge on any atom is -0.288 e. The zero-order valence-electron chi connectivity index (χ0n) is 12.2. The summed E-state index contributed by atoms with van der Waals surface area (Å²) >= 11 is 0. The van der Waals surface area contributed by atoms with Crippen molar-refractivity contribution in [2.24, 2.45) is 0 Å². The maximum atomic E-state index is 13.5. The van der Waals surface area contributed by atoms with E-state index >= 15 is 0 Å². The Balaban J connectivity index is 2.32. The molecule has 7 heteroatoms. The van der Waals surface area contributed by atoms with Gasteiger partial charge in [-0.2, -0.15) is 18.4 Å². The standard InChI is InChI=1S/C15H16F3N3O/c1-14(2)8-13(22)20-21(14)12(15(16,17)18)7-10-4-3-5-11(6-10)9-19/h3-6,12H,7-8H2,1-2H3,(H,20,22). The van der Waals surface area contributed by atoms with Crippen LogP contribution in [0.2, 0.25) is 0 Å². The first-order chi connectivity index (χ1) is 10.1. The van der Waals surface area contributed by atoms with Gasteiger partial charge in [-0.1, -0.05) is 12.1 Å². The van der Waals surface area contributed by atoms with E-state index in [0.717, 1.165) is 5.01 Å². The van der Waals surface area contributed by atoms with Gasteiger partial charge in [0.15, 0.2) is 0 Å². The highest BCUT2D eigenvalue weighted by Gasteiger charge is 2.51. The molecular formula is C15H16F3N3O. The number of rotatable bonds is 3. The van der Waals surface area contributed by atoms with Crippen LogP contribution in [-0.4, -0.2) is 28.7 Å². The van der Waals surface area contributed by atoms with Crippen molar-refractivity contribution in [2.75, 3.05) is 0 Å². The van der Waals surface area contributed by atoms with E-state index in [1.807, 2.05) is 6.07 Å². The first-order valence-electron chi connectivity index (χ1n) is 6.78. The molecule has 4 nitrogen and oxygen atoms in total. The molecule has 0 saturated carbocycles. The molecule has 2 rings (SSSR count). The van der Waals surface area contributed by atoms with Crippen molar-refractivity contribution < 1.29 is 18.0 Å². The Morgan fingerprint density at radius 3 is 2.64 bits per heavy atom. The van der Waals surface area contributed by atoms with Crippen LogP contribution >= 0.6 is 0 Å². The zero-order valence-corrected chi connectivity index (χ0v) is 12.2. The molecule has 1 fully saturated rings. The number of halogens is 3. The average Bonchev–Trinajstić information content (AvgIpc) is 2.67. The van der Waals surface area contributed by atoms with Crippen molar-refractivity contribution in [3.63, 3.8) is 0 Å². The fourth-order valence-electron chi connectivity index (χ4n) is 2.65. The molecular weight excluding hydrogens is 295 g/mol. The SMILES string of the molecule is CC1(C)CC(=O)NN1C(Cc1cccc(C#N)c1)C(F)(F)F. The molecule has 1 unspecified atom stereocenters. The van der Waals surface area contributed by atoms with E-state index in [9.17, 15) is 18.0 Å². The van der Waals surface area contributed by atoms with Gasteiger partial charge >= 0.3 is 6.18 Å². The molecule has 0 aliphatic carbocycles.